The minimum Gasteiger partial charge on any atom is -0.476 e. The van der Waals surface area contributed by atoms with Crippen LogP contribution in [0.5, 0.6) is 5.88 Å². The van der Waals surface area contributed by atoms with Crippen molar-refractivity contribution in [1.29, 1.82) is 0 Å². The monoisotopic (exact) mass is 370 g/mol. The van der Waals surface area contributed by atoms with Crippen molar-refractivity contribution < 1.29 is 27.4 Å². The fourth-order valence-electron chi connectivity index (χ4n) is 3.53. The third-order valence-electron chi connectivity index (χ3n) is 5.07. The van der Waals surface area contributed by atoms with Crippen molar-refractivity contribution in [1.82, 2.24) is 9.55 Å². The molecule has 26 heavy (non-hydrogen) atoms. The van der Waals surface area contributed by atoms with E-state index in [4.69, 9.17) is 9.47 Å². The Morgan fingerprint density at radius 2 is 2.00 bits per heavy atom. The largest absolute Gasteiger partial charge is 0.476 e. The van der Waals surface area contributed by atoms with E-state index in [0.29, 0.717) is 36.5 Å². The van der Waals surface area contributed by atoms with E-state index in [2.05, 4.69) is 4.98 Å². The number of hydrogen-bond donors (Lipinski definition) is 0. The fraction of sp³-hybridized carbons (Fsp3) is 0.556. The van der Waals surface area contributed by atoms with E-state index in [9.17, 15) is 18.0 Å². The van der Waals surface area contributed by atoms with Crippen molar-refractivity contribution in [3.63, 3.8) is 0 Å². The highest BCUT2D eigenvalue weighted by atomic mass is 19.4. The van der Waals surface area contributed by atoms with Gasteiger partial charge in [-0.2, -0.15) is 13.2 Å². The number of halogens is 3. The van der Waals surface area contributed by atoms with Crippen LogP contribution in [0, 0.1) is 11.8 Å². The van der Waals surface area contributed by atoms with Gasteiger partial charge < -0.3 is 14.0 Å². The molecule has 8 heteroatoms. The molecule has 0 spiro atoms. The lowest BCUT2D eigenvalue weighted by Gasteiger charge is -2.29. The molecule has 0 radical (unpaired) electrons. The average molecular weight is 370 g/mol. The van der Waals surface area contributed by atoms with Crippen LogP contribution in [-0.4, -0.2) is 35.4 Å². The number of hydrogen-bond acceptors (Lipinski definition) is 4. The molecule has 0 aromatic carbocycles. The highest BCUT2D eigenvalue weighted by molar-refractivity contribution is 5.96. The molecule has 0 atom stereocenters. The van der Waals surface area contributed by atoms with Crippen molar-refractivity contribution in [2.24, 2.45) is 18.9 Å². The van der Waals surface area contributed by atoms with Gasteiger partial charge in [0.25, 0.3) is 0 Å². The summed E-state index contributed by atoms with van der Waals surface area (Å²) in [7, 11) is 3.03. The molecule has 0 unspecified atom stereocenters. The second kappa shape index (κ2) is 7.17. The zero-order chi connectivity index (χ0) is 18.9. The number of ether oxygens (including phenoxy) is 2. The molecule has 0 saturated heterocycles. The summed E-state index contributed by atoms with van der Waals surface area (Å²) < 4.78 is 50.5. The first-order valence-corrected chi connectivity index (χ1v) is 8.53. The number of carbonyl (C=O) groups is 1. The molecule has 0 bridgehead atoms. The van der Waals surface area contributed by atoms with Gasteiger partial charge in [-0.3, -0.25) is 0 Å². The molecule has 142 valence electrons. The van der Waals surface area contributed by atoms with E-state index in [0.717, 1.165) is 5.39 Å². The molecule has 0 amide bonds. The number of alkyl halides is 3. The fourth-order valence-corrected chi connectivity index (χ4v) is 3.53. The van der Waals surface area contributed by atoms with Gasteiger partial charge in [-0.15, -0.1) is 0 Å². The number of fused-ring (bicyclic) bond motifs is 1. The van der Waals surface area contributed by atoms with E-state index in [1.807, 2.05) is 0 Å². The van der Waals surface area contributed by atoms with Crippen LogP contribution in [0.3, 0.4) is 0 Å². The highest BCUT2D eigenvalue weighted by Gasteiger charge is 2.41. The Morgan fingerprint density at radius 1 is 1.31 bits per heavy atom. The molecule has 1 aliphatic rings. The molecule has 0 N–H and O–H groups in total. The molecule has 1 fully saturated rings. The summed E-state index contributed by atoms with van der Waals surface area (Å²) in [4.78, 5) is 16.1. The quantitative estimate of drug-likeness (QED) is 0.760. The van der Waals surface area contributed by atoms with Gasteiger partial charge in [0.05, 0.1) is 19.6 Å². The smallest absolute Gasteiger partial charge is 0.391 e. The van der Waals surface area contributed by atoms with Gasteiger partial charge in [0, 0.05) is 18.6 Å². The minimum atomic E-state index is -4.10. The summed E-state index contributed by atoms with van der Waals surface area (Å²) in [6.45, 7) is 0.315. The summed E-state index contributed by atoms with van der Waals surface area (Å²) in [5, 5.41) is 0.790. The predicted molar refractivity (Wildman–Crippen MR) is 89.1 cm³/mol. The number of carbonyl (C=O) groups excluding carboxylic acids is 1. The van der Waals surface area contributed by atoms with Crippen LogP contribution in [0.4, 0.5) is 13.2 Å². The SMILES string of the molecule is COC(=O)c1cc2ccnc(OC[C@H]3CC[C@H](C(F)(F)F)CC3)c2n1C. The molecule has 1 aliphatic carbocycles. The highest BCUT2D eigenvalue weighted by Crippen LogP contribution is 2.39. The second-order valence-electron chi connectivity index (χ2n) is 6.70. The minimum absolute atomic E-state index is 0.0750. The van der Waals surface area contributed by atoms with Crippen molar-refractivity contribution in [2.75, 3.05) is 13.7 Å². The summed E-state index contributed by atoms with van der Waals surface area (Å²) in [6.07, 6.45) is -1.26. The van der Waals surface area contributed by atoms with E-state index in [1.54, 1.807) is 29.9 Å². The van der Waals surface area contributed by atoms with Gasteiger partial charge >= 0.3 is 12.1 Å². The average Bonchev–Trinajstić information content (AvgIpc) is 2.96. The van der Waals surface area contributed by atoms with E-state index in [1.165, 1.54) is 7.11 Å². The van der Waals surface area contributed by atoms with Crippen LogP contribution in [0.2, 0.25) is 0 Å². The maximum Gasteiger partial charge on any atom is 0.391 e. The lowest BCUT2D eigenvalue weighted by atomic mass is 9.82. The Kier molecular flexibility index (Phi) is 5.11. The zero-order valence-corrected chi connectivity index (χ0v) is 14.7. The number of aromatic nitrogens is 2. The maximum atomic E-state index is 12.8. The van der Waals surface area contributed by atoms with Crippen LogP contribution >= 0.6 is 0 Å². The molecule has 2 heterocycles. The van der Waals surface area contributed by atoms with Gasteiger partial charge in [-0.1, -0.05) is 0 Å². The second-order valence-corrected chi connectivity index (χ2v) is 6.70. The van der Waals surface area contributed by atoms with Crippen molar-refractivity contribution in [3.05, 3.63) is 24.0 Å². The van der Waals surface area contributed by atoms with Gasteiger partial charge in [0.2, 0.25) is 5.88 Å². The van der Waals surface area contributed by atoms with Crippen LogP contribution in [0.15, 0.2) is 18.3 Å². The van der Waals surface area contributed by atoms with E-state index >= 15 is 0 Å². The van der Waals surface area contributed by atoms with E-state index < -0.39 is 18.1 Å². The first-order valence-electron chi connectivity index (χ1n) is 8.53. The third-order valence-corrected chi connectivity index (χ3v) is 5.07. The molecule has 2 aromatic rings. The van der Waals surface area contributed by atoms with Gasteiger partial charge in [-0.25, -0.2) is 9.78 Å². The topological polar surface area (TPSA) is 53.4 Å². The molecule has 2 aromatic heterocycles. The number of pyridine rings is 1. The number of esters is 1. The van der Waals surface area contributed by atoms with Crippen LogP contribution in [0.25, 0.3) is 10.9 Å². The Bertz CT molecular complexity index is 793. The first-order chi connectivity index (χ1) is 12.3. The van der Waals surface area contributed by atoms with Crippen molar-refractivity contribution in [3.8, 4) is 5.88 Å². The zero-order valence-electron chi connectivity index (χ0n) is 14.7. The molecular weight excluding hydrogens is 349 g/mol. The molecule has 0 aliphatic heterocycles. The number of rotatable bonds is 4. The Morgan fingerprint density at radius 3 is 2.62 bits per heavy atom. The predicted octanol–water partition coefficient (Wildman–Crippen LogP) is 4.11. The normalized spacial score (nSPS) is 21.0. The van der Waals surface area contributed by atoms with Gasteiger partial charge in [-0.05, 0) is 43.7 Å². The van der Waals surface area contributed by atoms with Gasteiger partial charge in [0.15, 0.2) is 0 Å². The third kappa shape index (κ3) is 3.64. The summed E-state index contributed by atoms with van der Waals surface area (Å²) in [5.74, 6) is -1.21. The number of methoxy groups -OCH3 is 1. The molecule has 3 rings (SSSR count). The summed E-state index contributed by atoms with van der Waals surface area (Å²) >= 11 is 0. The van der Waals surface area contributed by atoms with Gasteiger partial charge in [0.1, 0.15) is 11.2 Å². The Balaban J connectivity index is 1.70. The van der Waals surface area contributed by atoms with E-state index in [-0.39, 0.29) is 18.8 Å². The standard InChI is InChI=1S/C18H21F3N2O3/c1-23-14(17(24)25-2)9-12-7-8-22-16(15(12)23)26-10-11-3-5-13(6-4-11)18(19,20)21/h7-9,11,13H,3-6,10H2,1-2H3/t11-,13-. The lowest BCUT2D eigenvalue weighted by Crippen LogP contribution is -2.29. The summed E-state index contributed by atoms with van der Waals surface area (Å²) in [6, 6.07) is 3.47. The van der Waals surface area contributed by atoms with Crippen LogP contribution < -0.4 is 4.74 Å². The van der Waals surface area contributed by atoms with Crippen LogP contribution in [-0.2, 0) is 11.8 Å². The molecule has 5 nitrogen and oxygen atoms in total. The number of aryl methyl sites for hydroxylation is 1. The Hall–Kier alpha value is -2.25. The first kappa shape index (κ1) is 18.5. The Labute approximate surface area is 149 Å². The summed E-state index contributed by atoms with van der Waals surface area (Å²) in [5.41, 5.74) is 1.04. The van der Waals surface area contributed by atoms with Crippen LogP contribution in [0.1, 0.15) is 36.2 Å². The number of nitrogens with zero attached hydrogens (tertiary/aromatic N) is 2. The lowest BCUT2D eigenvalue weighted by molar-refractivity contribution is -0.184. The van der Waals surface area contributed by atoms with Crippen molar-refractivity contribution >= 4 is 16.9 Å². The molecule has 1 saturated carbocycles. The van der Waals surface area contributed by atoms with Crippen molar-refractivity contribution in [2.45, 2.75) is 31.9 Å². The maximum absolute atomic E-state index is 12.8. The molecular formula is C18H21F3N2O3.